The van der Waals surface area contributed by atoms with E-state index in [2.05, 4.69) is 4.40 Å². The van der Waals surface area contributed by atoms with Crippen LogP contribution in [0.2, 0.25) is 0 Å². The van der Waals surface area contributed by atoms with Gasteiger partial charge in [0.05, 0.1) is 11.0 Å². The number of sulfonamides is 1. The van der Waals surface area contributed by atoms with Crippen molar-refractivity contribution in [3.8, 4) is 0 Å². The molecule has 2 rings (SSSR count). The van der Waals surface area contributed by atoms with Crippen LogP contribution in [0.25, 0.3) is 6.08 Å². The second kappa shape index (κ2) is 8.81. The van der Waals surface area contributed by atoms with E-state index in [1.165, 1.54) is 0 Å². The summed E-state index contributed by atoms with van der Waals surface area (Å²) in [6, 6.07) is 9.41. The third kappa shape index (κ3) is 6.24. The van der Waals surface area contributed by atoms with Gasteiger partial charge in [0.1, 0.15) is 5.82 Å². The zero-order valence-electron chi connectivity index (χ0n) is 13.4. The van der Waals surface area contributed by atoms with Crippen LogP contribution < -0.4 is 34.7 Å². The van der Waals surface area contributed by atoms with Gasteiger partial charge in [0.25, 0.3) is 10.0 Å². The van der Waals surface area contributed by atoms with E-state index in [1.807, 2.05) is 0 Å². The molecule has 10 heteroatoms. The monoisotopic (exact) mass is 395 g/mol. The number of hydrogen-bond acceptors (Lipinski definition) is 3. The Morgan fingerprint density at radius 1 is 1.08 bits per heavy atom. The summed E-state index contributed by atoms with van der Waals surface area (Å²) in [5, 5.41) is 12.4. The summed E-state index contributed by atoms with van der Waals surface area (Å²) in [6.45, 7) is 0. The van der Waals surface area contributed by atoms with Crippen LogP contribution in [0.3, 0.4) is 0 Å². The first kappa shape index (κ1) is 22.4. The van der Waals surface area contributed by atoms with Crippen LogP contribution in [0, 0.1) is 5.82 Å². The molecule has 0 unspecified atom stereocenters. The molecule has 26 heavy (non-hydrogen) atoms. The van der Waals surface area contributed by atoms with Crippen LogP contribution >= 0.6 is 0 Å². The van der Waals surface area contributed by atoms with Gasteiger partial charge >= 0.3 is 35.7 Å². The minimum atomic E-state index is -5.04. The van der Waals surface area contributed by atoms with Gasteiger partial charge in [0.15, 0.2) is 0 Å². The Labute approximate surface area is 169 Å². The van der Waals surface area contributed by atoms with Gasteiger partial charge < -0.3 is 5.11 Å². The summed E-state index contributed by atoms with van der Waals surface area (Å²) in [6.07, 6.45) is -3.90. The van der Waals surface area contributed by atoms with Crippen molar-refractivity contribution in [2.24, 2.45) is 4.40 Å². The average Bonchev–Trinajstić information content (AvgIpc) is 2.52. The maximum Gasteiger partial charge on any atom is 1.00 e. The molecule has 0 saturated carbocycles. The quantitative estimate of drug-likeness (QED) is 0.316. The number of benzene rings is 2. The Bertz CT molecular complexity index is 926. The van der Waals surface area contributed by atoms with Crippen molar-refractivity contribution in [1.29, 1.82) is 0 Å². The molecular weight excluding hydrogens is 385 g/mol. The molecule has 0 bridgehead atoms. The van der Waals surface area contributed by atoms with E-state index in [4.69, 9.17) is 0 Å². The van der Waals surface area contributed by atoms with Gasteiger partial charge in [-0.25, -0.2) is 4.39 Å². The third-order valence-electron chi connectivity index (χ3n) is 2.96. The summed E-state index contributed by atoms with van der Waals surface area (Å²) in [5.74, 6) is -2.85. The fraction of sp³-hybridized carbons (Fsp3) is 0.0625. The first-order valence-corrected chi connectivity index (χ1v) is 8.21. The standard InChI is InChI=1S/C16H11F4NO3S.Na/c17-12-6-7-13(14(10-12)16(18,19)20)15(22)21-25(23,24)9-8-11-4-2-1-3-5-11;/h1-10H,(H,21,22);/q;+1/p-1/b9-8+;. The molecule has 0 heterocycles. The molecule has 0 amide bonds. The van der Waals surface area contributed by atoms with Crippen molar-refractivity contribution >= 4 is 22.0 Å². The van der Waals surface area contributed by atoms with Crippen molar-refractivity contribution < 1.29 is 60.6 Å². The first-order chi connectivity index (χ1) is 11.6. The molecule has 0 saturated heterocycles. The first-order valence-electron chi connectivity index (χ1n) is 6.71. The molecule has 0 aliphatic heterocycles. The minimum Gasteiger partial charge on any atom is -0.858 e. The normalized spacial score (nSPS) is 12.8. The van der Waals surface area contributed by atoms with Crippen molar-refractivity contribution in [1.82, 2.24) is 0 Å². The maximum absolute atomic E-state index is 13.0. The molecule has 0 aromatic heterocycles. The van der Waals surface area contributed by atoms with Gasteiger partial charge in [-0.05, 0) is 29.3 Å². The Morgan fingerprint density at radius 2 is 1.69 bits per heavy atom. The van der Waals surface area contributed by atoms with Crippen molar-refractivity contribution in [3.63, 3.8) is 0 Å². The van der Waals surface area contributed by atoms with Gasteiger partial charge in [0.2, 0.25) is 0 Å². The molecule has 4 nitrogen and oxygen atoms in total. The van der Waals surface area contributed by atoms with Crippen LogP contribution in [-0.2, 0) is 16.2 Å². The Hall–Kier alpha value is -1.68. The predicted octanol–water partition coefficient (Wildman–Crippen LogP) is -0.0439. The summed E-state index contributed by atoms with van der Waals surface area (Å²) < 4.78 is 78.0. The Kier molecular flexibility index (Phi) is 7.57. The number of halogens is 4. The van der Waals surface area contributed by atoms with E-state index in [-0.39, 0.29) is 35.6 Å². The predicted molar refractivity (Wildman–Crippen MR) is 82.3 cm³/mol. The average molecular weight is 395 g/mol. The van der Waals surface area contributed by atoms with E-state index in [0.29, 0.717) is 23.1 Å². The minimum absolute atomic E-state index is 0. The fourth-order valence-electron chi connectivity index (χ4n) is 1.86. The second-order valence-electron chi connectivity index (χ2n) is 4.81. The number of rotatable bonds is 4. The summed E-state index contributed by atoms with van der Waals surface area (Å²) in [4.78, 5) is 0. The molecule has 2 aromatic rings. The van der Waals surface area contributed by atoms with E-state index in [1.54, 1.807) is 30.3 Å². The van der Waals surface area contributed by atoms with Crippen molar-refractivity contribution in [3.05, 3.63) is 76.4 Å². The summed E-state index contributed by atoms with van der Waals surface area (Å²) in [7, 11) is -4.47. The van der Waals surface area contributed by atoms with Crippen molar-refractivity contribution in [2.45, 2.75) is 6.18 Å². The van der Waals surface area contributed by atoms with Gasteiger partial charge in [-0.1, -0.05) is 36.4 Å². The Balaban J connectivity index is 0.00000338. The molecule has 0 fully saturated rings. The van der Waals surface area contributed by atoms with E-state index in [0.717, 1.165) is 6.08 Å². The molecule has 0 atom stereocenters. The van der Waals surface area contributed by atoms with E-state index in [9.17, 15) is 31.1 Å². The summed E-state index contributed by atoms with van der Waals surface area (Å²) >= 11 is 0. The van der Waals surface area contributed by atoms with Crippen LogP contribution in [0.5, 0.6) is 0 Å². The largest absolute Gasteiger partial charge is 1.00 e. The molecule has 132 valence electrons. The molecule has 0 aliphatic rings. The number of nitrogens with zero attached hydrogens (tertiary/aromatic N) is 1. The van der Waals surface area contributed by atoms with E-state index < -0.39 is 39.0 Å². The molecule has 0 N–H and O–H groups in total. The van der Waals surface area contributed by atoms with Gasteiger partial charge in [-0.15, -0.1) is 0 Å². The third-order valence-corrected chi connectivity index (χ3v) is 3.86. The molecule has 0 radical (unpaired) electrons. The van der Waals surface area contributed by atoms with E-state index >= 15 is 0 Å². The number of hydrogen-bond donors (Lipinski definition) is 0. The van der Waals surface area contributed by atoms with Crippen LogP contribution in [0.4, 0.5) is 17.6 Å². The van der Waals surface area contributed by atoms with Crippen LogP contribution in [0.15, 0.2) is 58.3 Å². The Morgan fingerprint density at radius 3 is 2.27 bits per heavy atom. The zero-order valence-corrected chi connectivity index (χ0v) is 16.2. The summed E-state index contributed by atoms with van der Waals surface area (Å²) in [5.41, 5.74) is -2.15. The van der Waals surface area contributed by atoms with Crippen LogP contribution in [-0.4, -0.2) is 14.3 Å². The molecule has 0 aliphatic carbocycles. The van der Waals surface area contributed by atoms with Gasteiger partial charge in [0, 0.05) is 5.90 Å². The van der Waals surface area contributed by atoms with Gasteiger partial charge in [-0.3, -0.25) is 0 Å². The molecular formula is C16H10F4NNaO3S. The molecule has 0 spiro atoms. The zero-order chi connectivity index (χ0) is 18.7. The second-order valence-corrected chi connectivity index (χ2v) is 6.30. The number of alkyl halides is 3. The maximum atomic E-state index is 13.0. The SMILES string of the molecule is O=S(=O)(/C=C/c1ccccc1)/N=C(\[O-])c1ccc(F)cc1C(F)(F)F.[Na+]. The molecule has 2 aromatic carbocycles. The van der Waals surface area contributed by atoms with Gasteiger partial charge in [-0.2, -0.15) is 26.0 Å². The fourth-order valence-corrected chi connectivity index (χ4v) is 2.58. The van der Waals surface area contributed by atoms with Crippen LogP contribution in [0.1, 0.15) is 16.7 Å². The topological polar surface area (TPSA) is 69.6 Å². The smallest absolute Gasteiger partial charge is 0.858 e. The van der Waals surface area contributed by atoms with Crippen molar-refractivity contribution in [2.75, 3.05) is 0 Å².